The Morgan fingerprint density at radius 2 is 1.95 bits per heavy atom. The van der Waals surface area contributed by atoms with Crippen molar-refractivity contribution < 1.29 is 22.8 Å². The second-order valence-corrected chi connectivity index (χ2v) is 4.31. The fourth-order valence-corrected chi connectivity index (χ4v) is 1.66. The van der Waals surface area contributed by atoms with Crippen molar-refractivity contribution in [3.05, 3.63) is 28.2 Å². The third-order valence-corrected chi connectivity index (χ3v) is 2.67. The highest BCUT2D eigenvalue weighted by molar-refractivity contribution is 9.10. The average Bonchev–Trinajstić information content (AvgIpc) is 2.27. The van der Waals surface area contributed by atoms with E-state index in [1.807, 2.05) is 5.32 Å². The van der Waals surface area contributed by atoms with Crippen molar-refractivity contribution >= 4 is 33.6 Å². The molecule has 0 heterocycles. The van der Waals surface area contributed by atoms with Crippen molar-refractivity contribution in [2.75, 3.05) is 11.9 Å². The molecule has 0 saturated heterocycles. The van der Waals surface area contributed by atoms with Crippen molar-refractivity contribution in [1.82, 2.24) is 5.32 Å². The van der Waals surface area contributed by atoms with Gasteiger partial charge in [0.15, 0.2) is 0 Å². The zero-order valence-corrected chi connectivity index (χ0v) is 10.9. The molecule has 19 heavy (non-hydrogen) atoms. The molecule has 1 aromatic rings. The number of benzene rings is 1. The van der Waals surface area contributed by atoms with Crippen molar-refractivity contribution in [2.24, 2.45) is 5.73 Å². The van der Waals surface area contributed by atoms with Gasteiger partial charge >= 0.3 is 12.2 Å². The summed E-state index contributed by atoms with van der Waals surface area (Å²) in [6.45, 7) is -0.424. The maximum absolute atomic E-state index is 12.6. The van der Waals surface area contributed by atoms with Gasteiger partial charge in [-0.1, -0.05) is 15.9 Å². The first kappa shape index (κ1) is 15.3. The number of nitrogens with one attached hydrogen (secondary N) is 2. The summed E-state index contributed by atoms with van der Waals surface area (Å²) >= 11 is 2.78. The number of amides is 3. The summed E-state index contributed by atoms with van der Waals surface area (Å²) in [6, 6.07) is 2.34. The van der Waals surface area contributed by atoms with Gasteiger partial charge in [0.05, 0.1) is 12.1 Å². The predicted molar refractivity (Wildman–Crippen MR) is 65.4 cm³/mol. The van der Waals surface area contributed by atoms with Crippen LogP contribution in [0.3, 0.4) is 0 Å². The van der Waals surface area contributed by atoms with Gasteiger partial charge in [0, 0.05) is 10.2 Å². The van der Waals surface area contributed by atoms with Crippen LogP contribution in [-0.4, -0.2) is 18.5 Å². The number of carbonyl (C=O) groups excluding carboxylic acids is 2. The zero-order valence-electron chi connectivity index (χ0n) is 9.34. The van der Waals surface area contributed by atoms with Crippen LogP contribution in [0.5, 0.6) is 0 Å². The molecule has 104 valence electrons. The number of anilines is 1. The van der Waals surface area contributed by atoms with E-state index in [9.17, 15) is 22.8 Å². The molecule has 0 aliphatic rings. The number of carbonyl (C=O) groups is 2. The lowest BCUT2D eigenvalue weighted by Crippen LogP contribution is -2.36. The lowest BCUT2D eigenvalue weighted by Gasteiger charge is -2.12. The Kier molecular flexibility index (Phi) is 4.76. The van der Waals surface area contributed by atoms with Crippen LogP contribution >= 0.6 is 15.9 Å². The molecule has 0 atom stereocenters. The number of hydrogen-bond donors (Lipinski definition) is 3. The van der Waals surface area contributed by atoms with Crippen LogP contribution in [0.2, 0.25) is 0 Å². The van der Waals surface area contributed by atoms with Crippen LogP contribution in [-0.2, 0) is 11.0 Å². The highest BCUT2D eigenvalue weighted by Crippen LogP contribution is 2.36. The predicted octanol–water partition coefficient (Wildman–Crippen LogP) is 2.07. The monoisotopic (exact) mass is 339 g/mol. The molecule has 0 unspecified atom stereocenters. The largest absolute Gasteiger partial charge is 0.417 e. The lowest BCUT2D eigenvalue weighted by molar-refractivity contribution is -0.138. The highest BCUT2D eigenvalue weighted by Gasteiger charge is 2.33. The van der Waals surface area contributed by atoms with Gasteiger partial charge in [0.2, 0.25) is 5.91 Å². The molecule has 3 amide bonds. The van der Waals surface area contributed by atoms with E-state index >= 15 is 0 Å². The normalized spacial score (nSPS) is 10.9. The first-order chi connectivity index (χ1) is 8.70. The number of alkyl halides is 3. The molecule has 0 fully saturated rings. The topological polar surface area (TPSA) is 84.2 Å². The van der Waals surface area contributed by atoms with Gasteiger partial charge in [-0.2, -0.15) is 13.2 Å². The zero-order chi connectivity index (χ0) is 14.6. The quantitative estimate of drug-likeness (QED) is 0.787. The van der Waals surface area contributed by atoms with E-state index in [0.717, 1.165) is 6.07 Å². The van der Waals surface area contributed by atoms with Crippen LogP contribution in [0.1, 0.15) is 5.56 Å². The summed E-state index contributed by atoms with van der Waals surface area (Å²) in [6.07, 6.45) is -4.54. The van der Waals surface area contributed by atoms with E-state index < -0.39 is 30.2 Å². The summed E-state index contributed by atoms with van der Waals surface area (Å²) in [7, 11) is 0. The van der Waals surface area contributed by atoms with Gasteiger partial charge in [-0.3, -0.25) is 4.79 Å². The van der Waals surface area contributed by atoms with E-state index in [2.05, 4.69) is 21.2 Å². The Morgan fingerprint density at radius 1 is 1.32 bits per heavy atom. The number of primary amides is 1. The van der Waals surface area contributed by atoms with Gasteiger partial charge in [0.1, 0.15) is 0 Å². The van der Waals surface area contributed by atoms with Crippen LogP contribution in [0.25, 0.3) is 0 Å². The second-order valence-electron chi connectivity index (χ2n) is 3.46. The molecular formula is C10H9BrF3N3O2. The van der Waals surface area contributed by atoms with Gasteiger partial charge in [0.25, 0.3) is 0 Å². The van der Waals surface area contributed by atoms with E-state index in [-0.39, 0.29) is 10.2 Å². The molecule has 0 aromatic heterocycles. The molecule has 1 aromatic carbocycles. The van der Waals surface area contributed by atoms with Gasteiger partial charge in [-0.05, 0) is 18.2 Å². The number of halogens is 4. The number of rotatable bonds is 3. The molecule has 5 nitrogen and oxygen atoms in total. The highest BCUT2D eigenvalue weighted by atomic mass is 79.9. The number of urea groups is 1. The standard InChI is InChI=1S/C10H9BrF3N3O2/c11-7-2-1-5(3-6(7)10(12,13)14)17-8(18)4-16-9(15)19/h1-3H,4H2,(H,17,18)(H3,15,16,19). The Bertz CT molecular complexity index is 505. The van der Waals surface area contributed by atoms with Gasteiger partial charge in [-0.15, -0.1) is 0 Å². The summed E-state index contributed by atoms with van der Waals surface area (Å²) in [5.41, 5.74) is 3.81. The maximum atomic E-state index is 12.6. The Hall–Kier alpha value is -1.77. The lowest BCUT2D eigenvalue weighted by atomic mass is 10.2. The molecule has 0 saturated carbocycles. The Morgan fingerprint density at radius 3 is 2.47 bits per heavy atom. The van der Waals surface area contributed by atoms with Crippen LogP contribution < -0.4 is 16.4 Å². The van der Waals surface area contributed by atoms with E-state index in [4.69, 9.17) is 5.73 Å². The molecule has 0 spiro atoms. The summed E-state index contributed by atoms with van der Waals surface area (Å²) < 4.78 is 37.7. The summed E-state index contributed by atoms with van der Waals surface area (Å²) in [5, 5.41) is 4.22. The maximum Gasteiger partial charge on any atom is 0.417 e. The Labute approximate surface area is 114 Å². The molecule has 0 radical (unpaired) electrons. The molecular weight excluding hydrogens is 331 g/mol. The molecule has 4 N–H and O–H groups in total. The van der Waals surface area contributed by atoms with Crippen LogP contribution in [0.4, 0.5) is 23.7 Å². The second kappa shape index (κ2) is 5.91. The Balaban J connectivity index is 2.80. The molecule has 9 heteroatoms. The molecule has 0 bridgehead atoms. The van der Waals surface area contributed by atoms with E-state index in [1.54, 1.807) is 0 Å². The first-order valence-corrected chi connectivity index (χ1v) is 5.69. The van der Waals surface area contributed by atoms with E-state index in [1.165, 1.54) is 12.1 Å². The first-order valence-electron chi connectivity index (χ1n) is 4.90. The van der Waals surface area contributed by atoms with Gasteiger partial charge in [-0.25, -0.2) is 4.79 Å². The average molecular weight is 340 g/mol. The third kappa shape index (κ3) is 4.78. The van der Waals surface area contributed by atoms with Crippen molar-refractivity contribution in [3.63, 3.8) is 0 Å². The minimum Gasteiger partial charge on any atom is -0.352 e. The number of hydrogen-bond acceptors (Lipinski definition) is 2. The minimum atomic E-state index is -4.54. The molecule has 0 aliphatic heterocycles. The van der Waals surface area contributed by atoms with Crippen molar-refractivity contribution in [2.45, 2.75) is 6.18 Å². The summed E-state index contributed by atoms with van der Waals surface area (Å²) in [5.74, 6) is -0.686. The number of nitrogens with two attached hydrogens (primary N) is 1. The SMILES string of the molecule is NC(=O)NCC(=O)Nc1ccc(Br)c(C(F)(F)F)c1. The third-order valence-electron chi connectivity index (χ3n) is 1.98. The van der Waals surface area contributed by atoms with Gasteiger partial charge < -0.3 is 16.4 Å². The van der Waals surface area contributed by atoms with Crippen molar-refractivity contribution in [1.29, 1.82) is 0 Å². The minimum absolute atomic E-state index is 0.0354. The fraction of sp³-hybridized carbons (Fsp3) is 0.200. The van der Waals surface area contributed by atoms with Crippen molar-refractivity contribution in [3.8, 4) is 0 Å². The van der Waals surface area contributed by atoms with E-state index in [0.29, 0.717) is 0 Å². The molecule has 1 rings (SSSR count). The molecule has 0 aliphatic carbocycles. The smallest absolute Gasteiger partial charge is 0.352 e. The fourth-order valence-electron chi connectivity index (χ4n) is 1.19. The van der Waals surface area contributed by atoms with Crippen LogP contribution in [0.15, 0.2) is 22.7 Å². The summed E-state index contributed by atoms with van der Waals surface area (Å²) in [4.78, 5) is 21.7. The van der Waals surface area contributed by atoms with Crippen LogP contribution in [0, 0.1) is 0 Å².